The molecule has 0 bridgehead atoms. The maximum absolute atomic E-state index is 14.0. The second-order valence-electron chi connectivity index (χ2n) is 11.3. The summed E-state index contributed by atoms with van der Waals surface area (Å²) < 4.78 is 30.0. The van der Waals surface area contributed by atoms with Gasteiger partial charge in [0.2, 0.25) is 5.88 Å². The number of aromatic nitrogens is 2. The second kappa shape index (κ2) is 18.0. The molecule has 3 heterocycles. The molecule has 0 amide bonds. The Morgan fingerprint density at radius 1 is 0.977 bits per heavy atom. The first kappa shape index (κ1) is 34.6. The van der Waals surface area contributed by atoms with Gasteiger partial charge in [0.1, 0.15) is 0 Å². The highest BCUT2D eigenvalue weighted by atomic mass is 19.1. The van der Waals surface area contributed by atoms with Crippen molar-refractivity contribution in [3.05, 3.63) is 66.1 Å². The molecule has 2 aliphatic rings. The number of aryl methyl sites for hydroxylation is 2. The lowest BCUT2D eigenvalue weighted by atomic mass is 9.93. The first-order valence-electron chi connectivity index (χ1n) is 15.7. The Labute approximate surface area is 258 Å². The zero-order chi connectivity index (χ0) is 31.1. The van der Waals surface area contributed by atoms with Crippen molar-refractivity contribution in [2.45, 2.75) is 78.1 Å². The molecule has 1 unspecified atom stereocenters. The molecule has 0 spiro atoms. The van der Waals surface area contributed by atoms with Gasteiger partial charge in [-0.1, -0.05) is 38.5 Å². The van der Waals surface area contributed by atoms with Gasteiger partial charge in [0.05, 0.1) is 26.4 Å². The second-order valence-corrected chi connectivity index (χ2v) is 11.3. The molecular weight excluding hydrogens is 543 g/mol. The third-order valence-electron chi connectivity index (χ3n) is 7.61. The van der Waals surface area contributed by atoms with E-state index in [0.717, 1.165) is 43.2 Å². The zero-order valence-electron chi connectivity index (χ0n) is 26.9. The highest BCUT2D eigenvalue weighted by Crippen LogP contribution is 2.30. The SMILES string of the molecule is CC.CC(F)(COCCCNC1CCC1)COC1CNC1.COc1ccc(-c2ccc(-c3cnccc3C)c(C)c2)cn1. The van der Waals surface area contributed by atoms with Crippen molar-refractivity contribution in [2.24, 2.45) is 0 Å². The van der Waals surface area contributed by atoms with E-state index in [1.165, 1.54) is 41.5 Å². The van der Waals surface area contributed by atoms with Crippen LogP contribution in [0.15, 0.2) is 55.0 Å². The van der Waals surface area contributed by atoms with Crippen LogP contribution in [0.4, 0.5) is 4.39 Å². The summed E-state index contributed by atoms with van der Waals surface area (Å²) in [6.45, 7) is 13.3. The van der Waals surface area contributed by atoms with Crippen LogP contribution in [0.1, 0.15) is 57.6 Å². The van der Waals surface area contributed by atoms with Gasteiger partial charge < -0.3 is 24.8 Å². The number of rotatable bonds is 13. The number of hydrogen-bond donors (Lipinski definition) is 2. The van der Waals surface area contributed by atoms with Crippen molar-refractivity contribution in [1.29, 1.82) is 0 Å². The molecule has 236 valence electrons. The molecule has 8 heteroatoms. The molecule has 1 aliphatic carbocycles. The number of benzene rings is 1. The molecule has 3 aromatic rings. The van der Waals surface area contributed by atoms with Crippen molar-refractivity contribution in [2.75, 3.05) is 46.6 Å². The molecule has 1 saturated carbocycles. The van der Waals surface area contributed by atoms with Gasteiger partial charge in [-0.2, -0.15) is 0 Å². The van der Waals surface area contributed by atoms with E-state index in [1.54, 1.807) is 14.0 Å². The van der Waals surface area contributed by atoms with E-state index >= 15 is 0 Å². The van der Waals surface area contributed by atoms with E-state index in [2.05, 4.69) is 52.6 Å². The van der Waals surface area contributed by atoms with Crippen molar-refractivity contribution < 1.29 is 18.6 Å². The third-order valence-corrected chi connectivity index (χ3v) is 7.61. The minimum absolute atomic E-state index is 0.122. The first-order chi connectivity index (χ1) is 20.8. The van der Waals surface area contributed by atoms with Gasteiger partial charge in [-0.25, -0.2) is 9.37 Å². The lowest BCUT2D eigenvalue weighted by molar-refractivity contribution is -0.0709. The number of alkyl halides is 1. The Morgan fingerprint density at radius 3 is 2.33 bits per heavy atom. The maximum Gasteiger partial charge on any atom is 0.212 e. The first-order valence-corrected chi connectivity index (χ1v) is 15.7. The molecule has 2 fully saturated rings. The van der Waals surface area contributed by atoms with E-state index in [1.807, 2.05) is 50.6 Å². The van der Waals surface area contributed by atoms with E-state index in [-0.39, 0.29) is 19.3 Å². The standard InChI is InChI=1S/C19H18N2O.C14H27FN2O2.C2H6/c1-13-8-9-20-12-18(13)17-6-4-15(10-14(17)2)16-5-7-19(22-3)21-11-16;1-14(15,11-19-13-8-16-9-13)10-18-7-3-6-17-12-4-2-5-12;1-2/h4-12H,1-3H3;12-13,16-17H,2-11H2,1H3;1-2H3. The summed E-state index contributed by atoms with van der Waals surface area (Å²) in [4.78, 5) is 8.50. The number of ether oxygens (including phenoxy) is 3. The Bertz CT molecular complexity index is 1210. The van der Waals surface area contributed by atoms with Crippen LogP contribution in [-0.4, -0.2) is 74.3 Å². The number of methoxy groups -OCH3 is 1. The number of halogens is 1. The zero-order valence-corrected chi connectivity index (χ0v) is 26.9. The molecule has 5 rings (SSSR count). The molecule has 1 saturated heterocycles. The normalized spacial score (nSPS) is 16.0. The Hall–Kier alpha value is -2.91. The fraction of sp³-hybridized carbons (Fsp3) is 0.543. The van der Waals surface area contributed by atoms with Gasteiger partial charge in [0.25, 0.3) is 0 Å². The highest BCUT2D eigenvalue weighted by molar-refractivity contribution is 5.74. The number of pyridine rings is 2. The summed E-state index contributed by atoms with van der Waals surface area (Å²) in [5, 5.41) is 6.56. The quantitative estimate of drug-likeness (QED) is 0.213. The van der Waals surface area contributed by atoms with Crippen molar-refractivity contribution in [3.63, 3.8) is 0 Å². The van der Waals surface area contributed by atoms with Gasteiger partial charge in [0.15, 0.2) is 5.67 Å². The highest BCUT2D eigenvalue weighted by Gasteiger charge is 2.27. The van der Waals surface area contributed by atoms with Crippen LogP contribution in [0.2, 0.25) is 0 Å². The van der Waals surface area contributed by atoms with Crippen LogP contribution in [0, 0.1) is 13.8 Å². The number of nitrogens with zero attached hydrogens (tertiary/aromatic N) is 2. The topological polar surface area (TPSA) is 77.5 Å². The molecule has 1 atom stereocenters. The van der Waals surface area contributed by atoms with Crippen LogP contribution < -0.4 is 15.4 Å². The summed E-state index contributed by atoms with van der Waals surface area (Å²) in [6, 6.07) is 13.1. The summed E-state index contributed by atoms with van der Waals surface area (Å²) in [7, 11) is 1.62. The lowest BCUT2D eigenvalue weighted by Crippen LogP contribution is -2.50. The maximum atomic E-state index is 14.0. The van der Waals surface area contributed by atoms with Crippen LogP contribution in [-0.2, 0) is 9.47 Å². The van der Waals surface area contributed by atoms with E-state index in [4.69, 9.17) is 14.2 Å². The summed E-state index contributed by atoms with van der Waals surface area (Å²) >= 11 is 0. The monoisotopic (exact) mass is 594 g/mol. The molecule has 0 radical (unpaired) electrons. The van der Waals surface area contributed by atoms with Crippen LogP contribution in [0.25, 0.3) is 22.3 Å². The molecule has 2 aromatic heterocycles. The van der Waals surface area contributed by atoms with Gasteiger partial charge >= 0.3 is 0 Å². The van der Waals surface area contributed by atoms with Gasteiger partial charge in [-0.05, 0) is 81.0 Å². The average molecular weight is 595 g/mol. The Balaban J connectivity index is 0.000000225. The van der Waals surface area contributed by atoms with E-state index in [9.17, 15) is 4.39 Å². The summed E-state index contributed by atoms with van der Waals surface area (Å²) in [5.41, 5.74) is 5.71. The van der Waals surface area contributed by atoms with Crippen molar-refractivity contribution in [1.82, 2.24) is 20.6 Å². The molecule has 2 N–H and O–H groups in total. The van der Waals surface area contributed by atoms with Crippen molar-refractivity contribution in [3.8, 4) is 28.1 Å². The minimum Gasteiger partial charge on any atom is -0.481 e. The van der Waals surface area contributed by atoms with Gasteiger partial charge in [-0.3, -0.25) is 4.98 Å². The summed E-state index contributed by atoms with van der Waals surface area (Å²) in [6.07, 6.45) is 10.7. The molecule has 7 nitrogen and oxygen atoms in total. The molecule has 1 aliphatic heterocycles. The molecular formula is C35H51FN4O3. The fourth-order valence-electron chi connectivity index (χ4n) is 4.65. The van der Waals surface area contributed by atoms with E-state index < -0.39 is 5.67 Å². The average Bonchev–Trinajstić information content (AvgIpc) is 2.97. The largest absolute Gasteiger partial charge is 0.481 e. The van der Waals surface area contributed by atoms with Gasteiger partial charge in [-0.15, -0.1) is 0 Å². The van der Waals surface area contributed by atoms with Crippen LogP contribution in [0.5, 0.6) is 5.88 Å². The minimum atomic E-state index is -1.38. The van der Waals surface area contributed by atoms with Crippen molar-refractivity contribution >= 4 is 0 Å². The van der Waals surface area contributed by atoms with Gasteiger partial charge in [0, 0.05) is 61.5 Å². The molecule has 43 heavy (non-hydrogen) atoms. The van der Waals surface area contributed by atoms with E-state index in [0.29, 0.717) is 12.5 Å². The predicted octanol–water partition coefficient (Wildman–Crippen LogP) is 6.71. The molecule has 1 aromatic carbocycles. The Kier molecular flexibility index (Phi) is 14.5. The number of hydrogen-bond acceptors (Lipinski definition) is 7. The summed E-state index contributed by atoms with van der Waals surface area (Å²) in [5.74, 6) is 0.628. The smallest absolute Gasteiger partial charge is 0.212 e. The van der Waals surface area contributed by atoms with Crippen LogP contribution in [0.3, 0.4) is 0 Å². The number of nitrogens with one attached hydrogen (secondary N) is 2. The lowest BCUT2D eigenvalue weighted by Gasteiger charge is -2.30. The fourth-order valence-corrected chi connectivity index (χ4v) is 4.65. The predicted molar refractivity (Wildman–Crippen MR) is 173 cm³/mol. The third kappa shape index (κ3) is 11.3. The Morgan fingerprint density at radius 2 is 1.74 bits per heavy atom. The van der Waals surface area contributed by atoms with Crippen LogP contribution >= 0.6 is 0 Å².